The van der Waals surface area contributed by atoms with E-state index in [-0.39, 0.29) is 22.9 Å². The zero-order valence-electron chi connectivity index (χ0n) is 12.9. The van der Waals surface area contributed by atoms with Crippen LogP contribution in [0.15, 0.2) is 12.3 Å². The topological polar surface area (TPSA) is 77.3 Å². The van der Waals surface area contributed by atoms with E-state index in [1.165, 1.54) is 12.3 Å². The van der Waals surface area contributed by atoms with Crippen LogP contribution in [-0.2, 0) is 4.74 Å². The molecular formula is C15H22ClN3O3. The maximum atomic E-state index is 10.7. The van der Waals surface area contributed by atoms with Crippen LogP contribution in [0.5, 0.6) is 0 Å². The zero-order chi connectivity index (χ0) is 16.1. The fourth-order valence-corrected chi connectivity index (χ4v) is 3.14. The van der Waals surface area contributed by atoms with Crippen LogP contribution in [0.3, 0.4) is 0 Å². The number of pyridine rings is 1. The van der Waals surface area contributed by atoms with E-state index < -0.39 is 4.92 Å². The van der Waals surface area contributed by atoms with Gasteiger partial charge >= 0.3 is 0 Å². The van der Waals surface area contributed by atoms with Crippen LogP contribution in [0.4, 0.5) is 11.5 Å². The molecule has 1 saturated heterocycles. The summed E-state index contributed by atoms with van der Waals surface area (Å²) >= 11 is 6.09. The lowest BCUT2D eigenvalue weighted by Crippen LogP contribution is -2.38. The Bertz CT molecular complexity index is 523. The second kappa shape index (κ2) is 7.74. The van der Waals surface area contributed by atoms with E-state index in [0.717, 1.165) is 25.7 Å². The Morgan fingerprint density at radius 1 is 1.55 bits per heavy atom. The second-order valence-corrected chi connectivity index (χ2v) is 6.04. The lowest BCUT2D eigenvalue weighted by atomic mass is 9.89. The first kappa shape index (κ1) is 17.0. The van der Waals surface area contributed by atoms with Crippen molar-refractivity contribution in [1.29, 1.82) is 0 Å². The van der Waals surface area contributed by atoms with Crippen LogP contribution in [0.2, 0.25) is 5.02 Å². The number of nitrogens with zero attached hydrogens (tertiary/aromatic N) is 2. The Hall–Kier alpha value is -1.40. The standard InChI is InChI=1S/C15H22ClN3O3/c1-3-10(4-2)14-7-11(5-6-22-14)18-15-13(16)8-12(9-17-15)19(20)21/h8-11,14H,3-7H2,1-2H3,(H,17,18). The van der Waals surface area contributed by atoms with Gasteiger partial charge in [-0.2, -0.15) is 0 Å². The predicted octanol–water partition coefficient (Wildman–Crippen LogP) is 4.04. The van der Waals surface area contributed by atoms with E-state index >= 15 is 0 Å². The molecule has 0 saturated carbocycles. The summed E-state index contributed by atoms with van der Waals surface area (Å²) in [6.45, 7) is 5.08. The molecule has 0 bridgehead atoms. The van der Waals surface area contributed by atoms with E-state index in [1.54, 1.807) is 0 Å². The zero-order valence-corrected chi connectivity index (χ0v) is 13.7. The molecule has 0 radical (unpaired) electrons. The molecule has 7 heteroatoms. The molecule has 1 aliphatic heterocycles. The van der Waals surface area contributed by atoms with Crippen LogP contribution < -0.4 is 5.32 Å². The van der Waals surface area contributed by atoms with Gasteiger partial charge in [0, 0.05) is 18.7 Å². The van der Waals surface area contributed by atoms with Crippen LogP contribution >= 0.6 is 11.6 Å². The van der Waals surface area contributed by atoms with E-state index in [4.69, 9.17) is 16.3 Å². The fraction of sp³-hybridized carbons (Fsp3) is 0.667. The van der Waals surface area contributed by atoms with Crippen LogP contribution in [0.25, 0.3) is 0 Å². The number of halogens is 1. The average molecular weight is 328 g/mol. The first-order chi connectivity index (χ1) is 10.5. The third-order valence-corrected chi connectivity index (χ3v) is 4.56. The highest BCUT2D eigenvalue weighted by molar-refractivity contribution is 6.33. The average Bonchev–Trinajstić information content (AvgIpc) is 2.51. The maximum Gasteiger partial charge on any atom is 0.289 e. The molecule has 122 valence electrons. The van der Waals surface area contributed by atoms with Gasteiger partial charge in [0.2, 0.25) is 0 Å². The van der Waals surface area contributed by atoms with Gasteiger partial charge in [-0.3, -0.25) is 10.1 Å². The molecule has 1 fully saturated rings. The van der Waals surface area contributed by atoms with Crippen molar-refractivity contribution in [3.8, 4) is 0 Å². The molecule has 2 heterocycles. The van der Waals surface area contributed by atoms with E-state index in [9.17, 15) is 10.1 Å². The number of rotatable bonds is 6. The molecule has 2 unspecified atom stereocenters. The molecule has 1 aromatic rings. The quantitative estimate of drug-likeness (QED) is 0.630. The SMILES string of the molecule is CCC(CC)C1CC(Nc2ncc([N+](=O)[O-])cc2Cl)CCO1. The van der Waals surface area contributed by atoms with Crippen LogP contribution in [-0.4, -0.2) is 28.7 Å². The lowest BCUT2D eigenvalue weighted by Gasteiger charge is -2.34. The molecule has 2 atom stereocenters. The van der Waals surface area contributed by atoms with E-state index in [0.29, 0.717) is 18.3 Å². The second-order valence-electron chi connectivity index (χ2n) is 5.63. The van der Waals surface area contributed by atoms with Gasteiger partial charge in [0.25, 0.3) is 5.69 Å². The summed E-state index contributed by atoms with van der Waals surface area (Å²) in [5.74, 6) is 1.06. The molecule has 1 aliphatic rings. The van der Waals surface area contributed by atoms with Gasteiger partial charge in [0.1, 0.15) is 12.0 Å². The Morgan fingerprint density at radius 2 is 2.27 bits per heavy atom. The molecule has 6 nitrogen and oxygen atoms in total. The molecule has 0 aliphatic carbocycles. The smallest absolute Gasteiger partial charge is 0.289 e. The van der Waals surface area contributed by atoms with Crippen molar-refractivity contribution in [2.75, 3.05) is 11.9 Å². The van der Waals surface area contributed by atoms with Crippen molar-refractivity contribution in [3.05, 3.63) is 27.4 Å². The van der Waals surface area contributed by atoms with Crippen molar-refractivity contribution in [2.24, 2.45) is 5.92 Å². The molecular weight excluding hydrogens is 306 g/mol. The van der Waals surface area contributed by atoms with Crippen molar-refractivity contribution in [3.63, 3.8) is 0 Å². The third kappa shape index (κ3) is 4.08. The number of nitro groups is 1. The largest absolute Gasteiger partial charge is 0.378 e. The molecule has 22 heavy (non-hydrogen) atoms. The fourth-order valence-electron chi connectivity index (χ4n) is 2.93. The van der Waals surface area contributed by atoms with E-state index in [1.807, 2.05) is 0 Å². The number of hydrogen-bond donors (Lipinski definition) is 1. The minimum Gasteiger partial charge on any atom is -0.378 e. The number of aromatic nitrogens is 1. The van der Waals surface area contributed by atoms with Crippen molar-refractivity contribution >= 4 is 23.1 Å². The normalized spacial score (nSPS) is 21.8. The highest BCUT2D eigenvalue weighted by Crippen LogP contribution is 2.29. The van der Waals surface area contributed by atoms with Gasteiger partial charge in [-0.05, 0) is 18.8 Å². The number of hydrogen-bond acceptors (Lipinski definition) is 5. The number of ether oxygens (including phenoxy) is 1. The van der Waals surface area contributed by atoms with E-state index in [2.05, 4.69) is 24.1 Å². The highest BCUT2D eigenvalue weighted by Gasteiger charge is 2.28. The monoisotopic (exact) mass is 327 g/mol. The van der Waals surface area contributed by atoms with Gasteiger partial charge in [-0.15, -0.1) is 0 Å². The Morgan fingerprint density at radius 3 is 2.86 bits per heavy atom. The molecule has 2 rings (SSSR count). The summed E-state index contributed by atoms with van der Waals surface area (Å²) in [7, 11) is 0. The number of anilines is 1. The van der Waals surface area contributed by atoms with Gasteiger partial charge in [-0.25, -0.2) is 4.98 Å². The van der Waals surface area contributed by atoms with Crippen molar-refractivity contribution in [2.45, 2.75) is 51.7 Å². The molecule has 0 amide bonds. The third-order valence-electron chi connectivity index (χ3n) is 4.27. The predicted molar refractivity (Wildman–Crippen MR) is 86.4 cm³/mol. The summed E-state index contributed by atoms with van der Waals surface area (Å²) in [5, 5.41) is 14.3. The van der Waals surface area contributed by atoms with Gasteiger partial charge in [0.15, 0.2) is 0 Å². The number of nitrogens with one attached hydrogen (secondary N) is 1. The maximum absolute atomic E-state index is 10.7. The minimum atomic E-state index is -0.500. The van der Waals surface area contributed by atoms with Gasteiger partial charge in [-0.1, -0.05) is 38.3 Å². The first-order valence-electron chi connectivity index (χ1n) is 7.73. The summed E-state index contributed by atoms with van der Waals surface area (Å²) in [4.78, 5) is 14.3. The first-order valence-corrected chi connectivity index (χ1v) is 8.11. The molecule has 1 N–H and O–H groups in total. The Kier molecular flexibility index (Phi) is 5.97. The van der Waals surface area contributed by atoms with Gasteiger partial charge < -0.3 is 10.1 Å². The summed E-state index contributed by atoms with van der Waals surface area (Å²) in [6, 6.07) is 1.56. The van der Waals surface area contributed by atoms with Gasteiger partial charge in [0.05, 0.1) is 16.0 Å². The van der Waals surface area contributed by atoms with Crippen molar-refractivity contribution < 1.29 is 9.66 Å². The molecule has 1 aromatic heterocycles. The Balaban J connectivity index is 2.02. The summed E-state index contributed by atoms with van der Waals surface area (Å²) in [6.07, 6.45) is 5.46. The van der Waals surface area contributed by atoms with Crippen LogP contribution in [0.1, 0.15) is 39.5 Å². The minimum absolute atomic E-state index is 0.0996. The Labute approximate surface area is 135 Å². The van der Waals surface area contributed by atoms with Crippen LogP contribution in [0, 0.1) is 16.0 Å². The van der Waals surface area contributed by atoms with Crippen molar-refractivity contribution in [1.82, 2.24) is 4.98 Å². The molecule has 0 aromatic carbocycles. The highest BCUT2D eigenvalue weighted by atomic mass is 35.5. The lowest BCUT2D eigenvalue weighted by molar-refractivity contribution is -0.385. The molecule has 0 spiro atoms. The summed E-state index contributed by atoms with van der Waals surface area (Å²) in [5.41, 5.74) is -0.0996. The summed E-state index contributed by atoms with van der Waals surface area (Å²) < 4.78 is 5.89.